The van der Waals surface area contributed by atoms with Crippen molar-refractivity contribution >= 4 is 21.9 Å². The standard InChI is InChI=1S/C15H19BrN2O2/c1-10-9-18(3)11(2)8-14(10)17-20-15(19)12-4-6-13(16)7-5-12/h4-8,10-11,17H,9H2,1-3H3/p+1. The minimum Gasteiger partial charge on any atom is -0.338 e. The predicted molar refractivity (Wildman–Crippen MR) is 81.2 cm³/mol. The fraction of sp³-hybridized carbons (Fsp3) is 0.400. The lowest BCUT2D eigenvalue weighted by Gasteiger charge is -2.30. The molecule has 2 rings (SSSR count). The summed E-state index contributed by atoms with van der Waals surface area (Å²) in [5.74, 6) is -0.0200. The monoisotopic (exact) mass is 339 g/mol. The molecule has 0 radical (unpaired) electrons. The summed E-state index contributed by atoms with van der Waals surface area (Å²) in [4.78, 5) is 18.6. The van der Waals surface area contributed by atoms with Crippen LogP contribution in [0.5, 0.6) is 0 Å². The first-order valence-corrected chi connectivity index (χ1v) is 7.53. The summed E-state index contributed by atoms with van der Waals surface area (Å²) in [5, 5.41) is 0. The molecule has 20 heavy (non-hydrogen) atoms. The molecular weight excluding hydrogens is 320 g/mol. The van der Waals surface area contributed by atoms with E-state index in [1.54, 1.807) is 12.1 Å². The van der Waals surface area contributed by atoms with E-state index in [0.29, 0.717) is 17.5 Å². The molecule has 1 aliphatic heterocycles. The van der Waals surface area contributed by atoms with Crippen LogP contribution in [0.15, 0.2) is 40.5 Å². The minimum absolute atomic E-state index is 0.351. The molecule has 0 bridgehead atoms. The van der Waals surface area contributed by atoms with Gasteiger partial charge in [-0.2, -0.15) is 0 Å². The molecule has 1 heterocycles. The highest BCUT2D eigenvalue weighted by Gasteiger charge is 2.25. The fourth-order valence-corrected chi connectivity index (χ4v) is 2.50. The predicted octanol–water partition coefficient (Wildman–Crippen LogP) is 1.55. The van der Waals surface area contributed by atoms with Crippen molar-refractivity contribution in [2.75, 3.05) is 13.6 Å². The lowest BCUT2D eigenvalue weighted by Crippen LogP contribution is -3.13. The van der Waals surface area contributed by atoms with Gasteiger partial charge in [-0.3, -0.25) is 0 Å². The third-order valence-electron chi connectivity index (χ3n) is 3.71. The number of hydrogen-bond donors (Lipinski definition) is 2. The van der Waals surface area contributed by atoms with Crippen LogP contribution in [0, 0.1) is 5.92 Å². The van der Waals surface area contributed by atoms with Crippen LogP contribution in [0.3, 0.4) is 0 Å². The van der Waals surface area contributed by atoms with Gasteiger partial charge < -0.3 is 9.74 Å². The number of carbonyl (C=O) groups is 1. The van der Waals surface area contributed by atoms with E-state index < -0.39 is 0 Å². The summed E-state index contributed by atoms with van der Waals surface area (Å²) < 4.78 is 0.936. The largest absolute Gasteiger partial charge is 0.362 e. The summed E-state index contributed by atoms with van der Waals surface area (Å²) in [7, 11) is 2.17. The Balaban J connectivity index is 1.96. The molecule has 3 unspecified atom stereocenters. The molecule has 0 aromatic heterocycles. The highest BCUT2D eigenvalue weighted by atomic mass is 79.9. The molecule has 1 aliphatic rings. The van der Waals surface area contributed by atoms with E-state index in [1.165, 1.54) is 4.90 Å². The maximum absolute atomic E-state index is 11.9. The van der Waals surface area contributed by atoms with Crippen LogP contribution in [-0.4, -0.2) is 25.6 Å². The number of quaternary nitrogens is 1. The number of carbonyl (C=O) groups excluding carboxylic acids is 1. The summed E-state index contributed by atoms with van der Waals surface area (Å²) in [6.45, 7) is 5.30. The quantitative estimate of drug-likeness (QED) is 0.821. The van der Waals surface area contributed by atoms with Gasteiger partial charge in [0.05, 0.1) is 24.9 Å². The van der Waals surface area contributed by atoms with Gasteiger partial charge in [0.15, 0.2) is 0 Å². The van der Waals surface area contributed by atoms with Crippen LogP contribution in [0.1, 0.15) is 24.2 Å². The molecular formula is C15H20BrN2O2+. The second kappa shape index (κ2) is 6.41. The van der Waals surface area contributed by atoms with Crippen LogP contribution in [-0.2, 0) is 4.84 Å². The first-order chi connectivity index (χ1) is 9.47. The van der Waals surface area contributed by atoms with Crippen molar-refractivity contribution in [3.8, 4) is 0 Å². The summed E-state index contributed by atoms with van der Waals surface area (Å²) in [5.41, 5.74) is 4.33. The molecule has 3 atom stereocenters. The van der Waals surface area contributed by atoms with E-state index in [-0.39, 0.29) is 5.97 Å². The Kier molecular flexibility index (Phi) is 4.83. The number of likely N-dealkylation sites (N-methyl/N-ethyl adjacent to an activating group) is 1. The van der Waals surface area contributed by atoms with Crippen LogP contribution < -0.4 is 10.4 Å². The smallest absolute Gasteiger partial charge is 0.338 e. The number of hydrogen-bond acceptors (Lipinski definition) is 3. The zero-order valence-corrected chi connectivity index (χ0v) is 13.5. The highest BCUT2D eigenvalue weighted by Crippen LogP contribution is 2.13. The van der Waals surface area contributed by atoms with Crippen molar-refractivity contribution in [3.63, 3.8) is 0 Å². The van der Waals surface area contributed by atoms with Crippen molar-refractivity contribution in [2.24, 2.45) is 5.92 Å². The molecule has 0 spiro atoms. The first kappa shape index (κ1) is 15.1. The number of halogens is 1. The van der Waals surface area contributed by atoms with Gasteiger partial charge in [-0.05, 0) is 37.3 Å². The zero-order chi connectivity index (χ0) is 14.7. The first-order valence-electron chi connectivity index (χ1n) is 6.74. The summed E-state index contributed by atoms with van der Waals surface area (Å²) in [6.07, 6.45) is 2.12. The topological polar surface area (TPSA) is 42.8 Å². The Morgan fingerprint density at radius 1 is 1.35 bits per heavy atom. The average molecular weight is 340 g/mol. The number of nitrogens with one attached hydrogen (secondary N) is 2. The number of benzene rings is 1. The Hall–Kier alpha value is -1.33. The normalized spacial score (nSPS) is 25.8. The van der Waals surface area contributed by atoms with Gasteiger partial charge in [0.2, 0.25) is 0 Å². The van der Waals surface area contributed by atoms with Gasteiger partial charge >= 0.3 is 5.97 Å². The molecule has 0 aliphatic carbocycles. The molecule has 0 amide bonds. The van der Waals surface area contributed by atoms with E-state index in [0.717, 1.165) is 16.7 Å². The zero-order valence-electron chi connectivity index (χ0n) is 11.9. The molecule has 0 saturated heterocycles. The number of hydroxylamine groups is 1. The maximum atomic E-state index is 11.9. The van der Waals surface area contributed by atoms with E-state index in [9.17, 15) is 4.79 Å². The van der Waals surface area contributed by atoms with Crippen molar-refractivity contribution in [2.45, 2.75) is 19.9 Å². The van der Waals surface area contributed by atoms with Crippen molar-refractivity contribution in [3.05, 3.63) is 46.1 Å². The molecule has 108 valence electrons. The van der Waals surface area contributed by atoms with Gasteiger partial charge in [-0.25, -0.2) is 10.3 Å². The second-order valence-electron chi connectivity index (χ2n) is 5.36. The van der Waals surface area contributed by atoms with Crippen LogP contribution in [0.4, 0.5) is 0 Å². The lowest BCUT2D eigenvalue weighted by molar-refractivity contribution is -0.901. The SMILES string of the molecule is CC1C[NH+](C)C(C)C=C1NOC(=O)c1ccc(Br)cc1. The molecule has 5 heteroatoms. The minimum atomic E-state index is -0.371. The summed E-state index contributed by atoms with van der Waals surface area (Å²) in [6, 6.07) is 7.51. The van der Waals surface area contributed by atoms with Crippen molar-refractivity contribution in [1.29, 1.82) is 0 Å². The van der Waals surface area contributed by atoms with Crippen LogP contribution >= 0.6 is 15.9 Å². The third kappa shape index (κ3) is 3.61. The Bertz CT molecular complexity index is 513. The molecule has 4 nitrogen and oxygen atoms in total. The number of rotatable bonds is 3. The average Bonchev–Trinajstić information content (AvgIpc) is 2.42. The van der Waals surface area contributed by atoms with Crippen LogP contribution in [0.2, 0.25) is 0 Å². The van der Waals surface area contributed by atoms with Crippen molar-refractivity contribution < 1.29 is 14.5 Å². The Morgan fingerprint density at radius 2 is 2.00 bits per heavy atom. The van der Waals surface area contributed by atoms with Gasteiger partial charge in [-0.1, -0.05) is 22.9 Å². The van der Waals surface area contributed by atoms with Gasteiger partial charge in [0, 0.05) is 10.4 Å². The van der Waals surface area contributed by atoms with Gasteiger partial charge in [0.25, 0.3) is 0 Å². The Morgan fingerprint density at radius 3 is 2.65 bits per heavy atom. The summed E-state index contributed by atoms with van der Waals surface area (Å²) >= 11 is 3.34. The maximum Gasteiger partial charge on any atom is 0.362 e. The molecule has 2 N–H and O–H groups in total. The van der Waals surface area contributed by atoms with E-state index in [2.05, 4.69) is 48.4 Å². The van der Waals surface area contributed by atoms with E-state index in [1.807, 2.05) is 12.1 Å². The molecule has 1 aromatic carbocycles. The second-order valence-corrected chi connectivity index (χ2v) is 6.28. The fourth-order valence-electron chi connectivity index (χ4n) is 2.24. The Labute approximate surface area is 127 Å². The lowest BCUT2D eigenvalue weighted by atomic mass is 10.0. The van der Waals surface area contributed by atoms with E-state index >= 15 is 0 Å². The molecule has 1 aromatic rings. The van der Waals surface area contributed by atoms with E-state index in [4.69, 9.17) is 4.84 Å². The van der Waals surface area contributed by atoms with Crippen LogP contribution in [0.25, 0.3) is 0 Å². The molecule has 0 fully saturated rings. The van der Waals surface area contributed by atoms with Crippen molar-refractivity contribution in [1.82, 2.24) is 5.48 Å². The van der Waals surface area contributed by atoms with Gasteiger partial charge in [-0.15, -0.1) is 0 Å². The van der Waals surface area contributed by atoms with Gasteiger partial charge in [0.1, 0.15) is 6.04 Å². The molecule has 0 saturated carbocycles. The third-order valence-corrected chi connectivity index (χ3v) is 4.24. The highest BCUT2D eigenvalue weighted by molar-refractivity contribution is 9.10.